The Morgan fingerprint density at radius 3 is 2.70 bits per heavy atom. The maximum Gasteiger partial charge on any atom is 0.311 e. The maximum atomic E-state index is 11.9. The van der Waals surface area contributed by atoms with Gasteiger partial charge in [-0.2, -0.15) is 0 Å². The first kappa shape index (κ1) is 15.2. The summed E-state index contributed by atoms with van der Waals surface area (Å²) in [6.45, 7) is 5.92. The molecule has 0 fully saturated rings. The van der Waals surface area contributed by atoms with Crippen LogP contribution in [0.1, 0.15) is 27.2 Å². The Morgan fingerprint density at radius 2 is 1.96 bits per heavy atom. The smallest absolute Gasteiger partial charge is 0.311 e. The van der Waals surface area contributed by atoms with E-state index in [-0.39, 0.29) is 16.8 Å². The molecule has 0 radical (unpaired) electrons. The van der Waals surface area contributed by atoms with Gasteiger partial charge in [0.15, 0.2) is 16.8 Å². The van der Waals surface area contributed by atoms with Crippen LogP contribution in [0.25, 0.3) is 22.6 Å². The summed E-state index contributed by atoms with van der Waals surface area (Å²) >= 11 is 0. The first-order chi connectivity index (χ1) is 10.8. The molecule has 1 heterocycles. The molecule has 5 heteroatoms. The van der Waals surface area contributed by atoms with E-state index < -0.39 is 0 Å². The summed E-state index contributed by atoms with van der Waals surface area (Å²) in [5, 5.41) is 0. The average Bonchev–Trinajstić information content (AvgIpc) is 2.43. The fourth-order valence-corrected chi connectivity index (χ4v) is 2.25. The second-order valence-corrected chi connectivity index (χ2v) is 6.68. The van der Waals surface area contributed by atoms with Crippen LogP contribution < -0.4 is 10.2 Å². The van der Waals surface area contributed by atoms with E-state index >= 15 is 0 Å². The van der Waals surface area contributed by atoms with E-state index in [4.69, 9.17) is 9.15 Å². The largest absolute Gasteiger partial charge is 0.453 e. The lowest BCUT2D eigenvalue weighted by molar-refractivity contribution is -0.136. The van der Waals surface area contributed by atoms with Crippen LogP contribution in [0.4, 0.5) is 0 Å². The lowest BCUT2D eigenvalue weighted by atomic mass is 9.92. The van der Waals surface area contributed by atoms with Gasteiger partial charge in [-0.25, -0.2) is 4.98 Å². The predicted molar refractivity (Wildman–Crippen MR) is 86.6 cm³/mol. The van der Waals surface area contributed by atoms with Gasteiger partial charge in [-0.15, -0.1) is 0 Å². The number of rotatable bonds is 2. The third-order valence-corrected chi connectivity index (χ3v) is 3.23. The third kappa shape index (κ3) is 3.56. The molecule has 0 saturated carbocycles. The van der Waals surface area contributed by atoms with Crippen molar-refractivity contribution in [2.45, 2.75) is 27.2 Å². The fourth-order valence-electron chi connectivity index (χ4n) is 2.25. The highest BCUT2D eigenvalue weighted by atomic mass is 16.5. The van der Waals surface area contributed by atoms with Crippen molar-refractivity contribution < 1.29 is 13.9 Å². The number of aromatic nitrogens is 1. The summed E-state index contributed by atoms with van der Waals surface area (Å²) < 4.78 is 11.0. The first-order valence-electron chi connectivity index (χ1n) is 7.36. The number of hydrogen-bond acceptors (Lipinski definition) is 5. The topological polar surface area (TPSA) is 69.4 Å². The number of nitrogens with zero attached hydrogens (tertiary/aromatic N) is 1. The monoisotopic (exact) mass is 311 g/mol. The minimum Gasteiger partial charge on any atom is -0.453 e. The lowest BCUT2D eigenvalue weighted by Gasteiger charge is -2.16. The predicted octanol–water partition coefficient (Wildman–Crippen LogP) is 3.63. The van der Waals surface area contributed by atoms with Gasteiger partial charge in [0.25, 0.3) is 0 Å². The molecule has 0 bridgehead atoms. The maximum absolute atomic E-state index is 11.9. The Hall–Kier alpha value is -2.69. The number of ether oxygens (including phenoxy) is 1. The highest BCUT2D eigenvalue weighted by molar-refractivity contribution is 5.79. The molecule has 1 aliphatic heterocycles. The van der Waals surface area contributed by atoms with E-state index in [9.17, 15) is 9.59 Å². The Balaban J connectivity index is 1.95. The number of benzene rings is 2. The molecule has 1 aliphatic carbocycles. The van der Waals surface area contributed by atoms with Gasteiger partial charge in [0.1, 0.15) is 17.0 Å². The highest BCUT2D eigenvalue weighted by Gasteiger charge is 2.18. The minimum absolute atomic E-state index is 0.138. The molecule has 0 aromatic heterocycles. The van der Waals surface area contributed by atoms with Crippen molar-refractivity contribution in [2.24, 2.45) is 5.41 Å². The first-order valence-corrected chi connectivity index (χ1v) is 7.36. The zero-order chi connectivity index (χ0) is 16.6. The molecule has 0 unspecified atom stereocenters. The molecule has 0 atom stereocenters. The van der Waals surface area contributed by atoms with Gasteiger partial charge in [0, 0.05) is 12.1 Å². The van der Waals surface area contributed by atoms with Crippen molar-refractivity contribution >= 4 is 17.1 Å². The van der Waals surface area contributed by atoms with Gasteiger partial charge in [0.05, 0.1) is 6.42 Å². The van der Waals surface area contributed by atoms with Crippen molar-refractivity contribution in [3.05, 3.63) is 46.6 Å². The van der Waals surface area contributed by atoms with Crippen LogP contribution in [0.15, 0.2) is 45.6 Å². The van der Waals surface area contributed by atoms with Gasteiger partial charge in [-0.3, -0.25) is 9.59 Å². The Bertz CT molecular complexity index is 905. The summed E-state index contributed by atoms with van der Waals surface area (Å²) in [6, 6.07) is 9.47. The SMILES string of the molecule is CC(C)(C)CC(=O)Oc1ccc2nc3ccc(=O)cc-3oc2c1. The number of esters is 1. The molecule has 1 aromatic carbocycles. The second-order valence-electron chi connectivity index (χ2n) is 6.68. The molecule has 2 aliphatic rings. The number of fused-ring (bicyclic) bond motifs is 2. The molecule has 3 rings (SSSR count). The quantitative estimate of drug-likeness (QED) is 0.410. The Labute approximate surface area is 133 Å². The summed E-state index contributed by atoms with van der Waals surface area (Å²) in [5.74, 6) is 0.505. The summed E-state index contributed by atoms with van der Waals surface area (Å²) in [7, 11) is 0. The average molecular weight is 311 g/mol. The van der Waals surface area contributed by atoms with Crippen LogP contribution in [0.2, 0.25) is 0 Å². The van der Waals surface area contributed by atoms with Crippen LogP contribution in [0, 0.1) is 5.41 Å². The van der Waals surface area contributed by atoms with E-state index in [1.165, 1.54) is 12.1 Å². The van der Waals surface area contributed by atoms with Crippen molar-refractivity contribution in [2.75, 3.05) is 0 Å². The minimum atomic E-state index is -0.299. The number of hydrogen-bond donors (Lipinski definition) is 0. The van der Waals surface area contributed by atoms with E-state index in [1.54, 1.807) is 24.3 Å². The van der Waals surface area contributed by atoms with Gasteiger partial charge in [-0.05, 0) is 29.7 Å². The summed E-state index contributed by atoms with van der Waals surface area (Å²) in [6.07, 6.45) is 0.317. The van der Waals surface area contributed by atoms with Crippen molar-refractivity contribution in [3.8, 4) is 17.2 Å². The number of carbonyl (C=O) groups excluding carboxylic acids is 1. The van der Waals surface area contributed by atoms with Gasteiger partial charge in [-0.1, -0.05) is 20.8 Å². The van der Waals surface area contributed by atoms with E-state index in [0.717, 1.165) is 0 Å². The molecule has 5 nitrogen and oxygen atoms in total. The fraction of sp³-hybridized carbons (Fsp3) is 0.278. The van der Waals surface area contributed by atoms with Crippen LogP contribution in [0.5, 0.6) is 5.75 Å². The summed E-state index contributed by atoms with van der Waals surface area (Å²) in [4.78, 5) is 27.7. The van der Waals surface area contributed by atoms with Crippen LogP contribution in [-0.2, 0) is 4.79 Å². The molecule has 0 spiro atoms. The van der Waals surface area contributed by atoms with Crippen molar-refractivity contribution in [1.82, 2.24) is 4.98 Å². The van der Waals surface area contributed by atoms with E-state index in [2.05, 4.69) is 4.98 Å². The van der Waals surface area contributed by atoms with Crippen molar-refractivity contribution in [1.29, 1.82) is 0 Å². The molecule has 118 valence electrons. The molecule has 0 N–H and O–H groups in total. The molecular formula is C18H17NO4. The van der Waals surface area contributed by atoms with Gasteiger partial charge < -0.3 is 9.15 Å². The van der Waals surface area contributed by atoms with Gasteiger partial charge >= 0.3 is 5.97 Å². The van der Waals surface area contributed by atoms with Crippen LogP contribution in [0.3, 0.4) is 0 Å². The second kappa shape index (κ2) is 5.50. The third-order valence-electron chi connectivity index (χ3n) is 3.23. The standard InChI is InChI=1S/C18H17NO4/c1-18(2,3)10-17(21)22-12-5-7-14-16(9-12)23-15-8-11(20)4-6-13(15)19-14/h4-9H,10H2,1-3H3. The van der Waals surface area contributed by atoms with Gasteiger partial charge in [0.2, 0.25) is 0 Å². The van der Waals surface area contributed by atoms with Crippen LogP contribution >= 0.6 is 0 Å². The molecule has 0 amide bonds. The molecule has 23 heavy (non-hydrogen) atoms. The molecular weight excluding hydrogens is 294 g/mol. The van der Waals surface area contributed by atoms with E-state index in [1.807, 2.05) is 20.8 Å². The summed E-state index contributed by atoms with van der Waals surface area (Å²) in [5.41, 5.74) is 1.42. The zero-order valence-electron chi connectivity index (χ0n) is 13.3. The molecule has 1 aromatic rings. The zero-order valence-corrected chi connectivity index (χ0v) is 13.3. The van der Waals surface area contributed by atoms with E-state index in [0.29, 0.717) is 34.7 Å². The lowest BCUT2D eigenvalue weighted by Crippen LogP contribution is -2.17. The Morgan fingerprint density at radius 1 is 1.17 bits per heavy atom. The molecule has 0 saturated heterocycles. The Kier molecular flexibility index (Phi) is 3.64. The number of carbonyl (C=O) groups is 1. The highest BCUT2D eigenvalue weighted by Crippen LogP contribution is 2.27. The van der Waals surface area contributed by atoms with Crippen LogP contribution in [-0.4, -0.2) is 11.0 Å². The van der Waals surface area contributed by atoms with Crippen molar-refractivity contribution in [3.63, 3.8) is 0 Å². The normalized spacial score (nSPS) is 11.8.